The zero-order valence-electron chi connectivity index (χ0n) is 14.2. The van der Waals surface area contributed by atoms with Crippen LogP contribution in [0, 0.1) is 0 Å². The van der Waals surface area contributed by atoms with Crippen molar-refractivity contribution in [3.05, 3.63) is 35.4 Å². The third kappa shape index (κ3) is 6.69. The van der Waals surface area contributed by atoms with Gasteiger partial charge in [0.2, 0.25) is 5.91 Å². The number of rotatable bonds is 7. The molecular formula is C17H26ClF3N2O. The second-order valence-electron chi connectivity index (χ2n) is 6.24. The van der Waals surface area contributed by atoms with Gasteiger partial charge in [0.1, 0.15) is 0 Å². The molecule has 3 N–H and O–H groups in total. The lowest BCUT2D eigenvalue weighted by atomic mass is 9.94. The summed E-state index contributed by atoms with van der Waals surface area (Å²) in [5.41, 5.74) is 4.98. The Bertz CT molecular complexity index is 533. The van der Waals surface area contributed by atoms with Crippen LogP contribution in [-0.4, -0.2) is 18.0 Å². The Labute approximate surface area is 147 Å². The summed E-state index contributed by atoms with van der Waals surface area (Å²) >= 11 is 0. The number of hydrogen-bond donors (Lipinski definition) is 2. The highest BCUT2D eigenvalue weighted by atomic mass is 35.5. The first-order chi connectivity index (χ1) is 10.6. The van der Waals surface area contributed by atoms with E-state index in [1.807, 2.05) is 13.8 Å². The van der Waals surface area contributed by atoms with Crippen LogP contribution < -0.4 is 11.1 Å². The molecule has 0 aromatic heterocycles. The van der Waals surface area contributed by atoms with E-state index in [4.69, 9.17) is 5.73 Å². The molecule has 0 aliphatic carbocycles. The first-order valence-electron chi connectivity index (χ1n) is 7.82. The van der Waals surface area contributed by atoms with E-state index in [-0.39, 0.29) is 24.2 Å². The third-order valence-corrected chi connectivity index (χ3v) is 3.93. The standard InChI is InChI=1S/C17H25F3N2O.ClH/c1-4-9-16(3,21)15(23)22-10-8-12(2)13-6-5-7-14(11-13)17(18,19)20;/h5-7,11-12H,4,8-10,21H2,1-3H3,(H,22,23);1H. The molecule has 1 aromatic rings. The molecule has 2 atom stereocenters. The third-order valence-electron chi connectivity index (χ3n) is 3.93. The second kappa shape index (κ2) is 9.28. The van der Waals surface area contributed by atoms with Gasteiger partial charge in [-0.3, -0.25) is 4.79 Å². The van der Waals surface area contributed by atoms with Gasteiger partial charge in [0, 0.05) is 6.54 Å². The van der Waals surface area contributed by atoms with Gasteiger partial charge >= 0.3 is 6.18 Å². The van der Waals surface area contributed by atoms with Crippen LogP contribution in [0.3, 0.4) is 0 Å². The largest absolute Gasteiger partial charge is 0.416 e. The van der Waals surface area contributed by atoms with Gasteiger partial charge in [0.15, 0.2) is 0 Å². The molecule has 24 heavy (non-hydrogen) atoms. The summed E-state index contributed by atoms with van der Waals surface area (Å²) in [6, 6.07) is 5.30. The first kappa shape index (κ1) is 22.7. The normalized spacial score (nSPS) is 15.1. The van der Waals surface area contributed by atoms with Gasteiger partial charge in [0.25, 0.3) is 0 Å². The molecule has 0 radical (unpaired) electrons. The highest BCUT2D eigenvalue weighted by Gasteiger charge is 2.31. The van der Waals surface area contributed by atoms with E-state index in [1.54, 1.807) is 13.0 Å². The molecule has 2 unspecified atom stereocenters. The fraction of sp³-hybridized carbons (Fsp3) is 0.588. The topological polar surface area (TPSA) is 55.1 Å². The monoisotopic (exact) mass is 366 g/mol. The van der Waals surface area contributed by atoms with Crippen molar-refractivity contribution in [1.82, 2.24) is 5.32 Å². The van der Waals surface area contributed by atoms with Crippen molar-refractivity contribution in [3.8, 4) is 0 Å². The lowest BCUT2D eigenvalue weighted by molar-refractivity contribution is -0.137. The Morgan fingerprint density at radius 3 is 2.50 bits per heavy atom. The predicted octanol–water partition coefficient (Wildman–Crippen LogP) is 4.25. The molecule has 0 fully saturated rings. The molecule has 1 rings (SSSR count). The fourth-order valence-corrected chi connectivity index (χ4v) is 2.43. The number of amides is 1. The van der Waals surface area contributed by atoms with Gasteiger partial charge in [-0.05, 0) is 37.3 Å². The van der Waals surface area contributed by atoms with Crippen LogP contribution in [0.25, 0.3) is 0 Å². The predicted molar refractivity (Wildman–Crippen MR) is 92.2 cm³/mol. The highest BCUT2D eigenvalue weighted by molar-refractivity contribution is 5.85. The smallest absolute Gasteiger partial charge is 0.354 e. The molecule has 7 heteroatoms. The summed E-state index contributed by atoms with van der Waals surface area (Å²) in [6.45, 7) is 5.86. The van der Waals surface area contributed by atoms with Crippen molar-refractivity contribution in [2.75, 3.05) is 6.54 Å². The van der Waals surface area contributed by atoms with E-state index in [0.717, 1.165) is 18.6 Å². The van der Waals surface area contributed by atoms with Crippen LogP contribution in [-0.2, 0) is 11.0 Å². The summed E-state index contributed by atoms with van der Waals surface area (Å²) in [5.74, 6) is -0.316. The lowest BCUT2D eigenvalue weighted by Crippen LogP contribution is -2.51. The van der Waals surface area contributed by atoms with E-state index in [0.29, 0.717) is 24.9 Å². The van der Waals surface area contributed by atoms with Gasteiger partial charge in [-0.1, -0.05) is 38.5 Å². The van der Waals surface area contributed by atoms with Gasteiger partial charge in [-0.25, -0.2) is 0 Å². The highest BCUT2D eigenvalue weighted by Crippen LogP contribution is 2.31. The number of hydrogen-bond acceptors (Lipinski definition) is 2. The number of nitrogens with one attached hydrogen (secondary N) is 1. The average Bonchev–Trinajstić information content (AvgIpc) is 2.46. The molecule has 3 nitrogen and oxygen atoms in total. The molecule has 1 amide bonds. The van der Waals surface area contributed by atoms with Gasteiger partial charge in [-0.15, -0.1) is 12.4 Å². The van der Waals surface area contributed by atoms with Crippen molar-refractivity contribution in [2.45, 2.75) is 57.7 Å². The maximum atomic E-state index is 12.7. The Kier molecular flexibility index (Phi) is 8.78. The van der Waals surface area contributed by atoms with Gasteiger partial charge in [-0.2, -0.15) is 13.2 Å². The van der Waals surface area contributed by atoms with Crippen LogP contribution in [0.2, 0.25) is 0 Å². The maximum absolute atomic E-state index is 12.7. The van der Waals surface area contributed by atoms with Crippen molar-refractivity contribution < 1.29 is 18.0 Å². The van der Waals surface area contributed by atoms with Crippen LogP contribution in [0.5, 0.6) is 0 Å². The van der Waals surface area contributed by atoms with Gasteiger partial charge in [0.05, 0.1) is 11.1 Å². The Balaban J connectivity index is 0.00000529. The van der Waals surface area contributed by atoms with Crippen LogP contribution in [0.15, 0.2) is 24.3 Å². The number of carbonyl (C=O) groups excluding carboxylic acids is 1. The summed E-state index contributed by atoms with van der Waals surface area (Å²) < 4.78 is 38.2. The molecule has 1 aromatic carbocycles. The Morgan fingerprint density at radius 1 is 1.33 bits per heavy atom. The summed E-state index contributed by atoms with van der Waals surface area (Å²) in [7, 11) is 0. The summed E-state index contributed by atoms with van der Waals surface area (Å²) in [4.78, 5) is 12.0. The average molecular weight is 367 g/mol. The van der Waals surface area contributed by atoms with Crippen molar-refractivity contribution in [1.29, 1.82) is 0 Å². The maximum Gasteiger partial charge on any atom is 0.416 e. The quantitative estimate of drug-likeness (QED) is 0.757. The fourth-order valence-electron chi connectivity index (χ4n) is 2.43. The van der Waals surface area contributed by atoms with E-state index >= 15 is 0 Å². The molecule has 0 aliphatic heterocycles. The van der Waals surface area contributed by atoms with Crippen LogP contribution in [0.1, 0.15) is 57.1 Å². The minimum atomic E-state index is -4.34. The molecule has 0 saturated carbocycles. The molecule has 0 spiro atoms. The molecular weight excluding hydrogens is 341 g/mol. The Morgan fingerprint density at radius 2 is 1.96 bits per heavy atom. The van der Waals surface area contributed by atoms with E-state index in [9.17, 15) is 18.0 Å². The van der Waals surface area contributed by atoms with E-state index in [2.05, 4.69) is 5.32 Å². The number of halogens is 4. The van der Waals surface area contributed by atoms with Crippen molar-refractivity contribution in [3.63, 3.8) is 0 Å². The minimum Gasteiger partial charge on any atom is -0.354 e. The number of carbonyl (C=O) groups is 1. The molecule has 0 saturated heterocycles. The zero-order chi connectivity index (χ0) is 17.7. The van der Waals surface area contributed by atoms with Gasteiger partial charge < -0.3 is 11.1 Å². The zero-order valence-corrected chi connectivity index (χ0v) is 15.1. The molecule has 0 heterocycles. The van der Waals surface area contributed by atoms with E-state index < -0.39 is 17.3 Å². The Hall–Kier alpha value is -1.27. The lowest BCUT2D eigenvalue weighted by Gasteiger charge is -2.23. The van der Waals surface area contributed by atoms with Crippen LogP contribution in [0.4, 0.5) is 13.2 Å². The number of alkyl halides is 3. The molecule has 0 bridgehead atoms. The van der Waals surface area contributed by atoms with E-state index in [1.165, 1.54) is 6.07 Å². The summed E-state index contributed by atoms with van der Waals surface area (Å²) in [6.07, 6.45) is -2.40. The van der Waals surface area contributed by atoms with Crippen molar-refractivity contribution >= 4 is 18.3 Å². The van der Waals surface area contributed by atoms with Crippen molar-refractivity contribution in [2.24, 2.45) is 5.73 Å². The van der Waals surface area contributed by atoms with Crippen LogP contribution >= 0.6 is 12.4 Å². The summed E-state index contributed by atoms with van der Waals surface area (Å²) in [5, 5.41) is 2.77. The molecule has 0 aliphatic rings. The number of benzene rings is 1. The first-order valence-corrected chi connectivity index (χ1v) is 7.82. The SMILES string of the molecule is CCCC(C)(N)C(=O)NCCC(C)c1cccc(C(F)(F)F)c1.Cl. The second-order valence-corrected chi connectivity index (χ2v) is 6.24. The number of nitrogens with two attached hydrogens (primary N) is 1. The molecule has 138 valence electrons. The minimum absolute atomic E-state index is 0.